The molecular formula is C27H29F2N3O6S. The Morgan fingerprint density at radius 3 is 2.08 bits per heavy atom. The van der Waals surface area contributed by atoms with E-state index in [0.29, 0.717) is 21.7 Å². The van der Waals surface area contributed by atoms with E-state index in [9.17, 15) is 23.2 Å². The minimum absolute atomic E-state index is 0.00927. The van der Waals surface area contributed by atoms with E-state index in [4.69, 9.17) is 14.6 Å². The van der Waals surface area contributed by atoms with Gasteiger partial charge in [0.2, 0.25) is 0 Å². The van der Waals surface area contributed by atoms with Gasteiger partial charge in [0.15, 0.2) is 0 Å². The van der Waals surface area contributed by atoms with Crippen molar-refractivity contribution in [2.45, 2.75) is 26.9 Å². The molecule has 3 rings (SSSR count). The molecule has 0 fully saturated rings. The molecule has 3 aromatic rings. The van der Waals surface area contributed by atoms with Crippen LogP contribution < -0.4 is 10.2 Å². The third kappa shape index (κ3) is 7.09. The van der Waals surface area contributed by atoms with Crippen LogP contribution in [-0.4, -0.2) is 55.5 Å². The lowest BCUT2D eigenvalue weighted by Crippen LogP contribution is -2.32. The quantitative estimate of drug-likeness (QED) is 0.284. The lowest BCUT2D eigenvalue weighted by atomic mass is 10.0. The molecule has 0 radical (unpaired) electrons. The lowest BCUT2D eigenvalue weighted by Gasteiger charge is -2.22. The molecule has 9 nitrogen and oxygen atoms in total. The first-order chi connectivity index (χ1) is 18.6. The zero-order chi connectivity index (χ0) is 28.7. The Labute approximate surface area is 228 Å². The van der Waals surface area contributed by atoms with Crippen LogP contribution in [-0.2, 0) is 22.6 Å². The third-order valence-corrected chi connectivity index (χ3v) is 6.76. The molecule has 2 N–H and O–H groups in total. The monoisotopic (exact) mass is 561 g/mol. The van der Waals surface area contributed by atoms with Gasteiger partial charge >= 0.3 is 18.2 Å². The minimum atomic E-state index is -1.22. The molecule has 0 aliphatic carbocycles. The van der Waals surface area contributed by atoms with Crippen LogP contribution in [0.15, 0.2) is 42.5 Å². The smallest absolute Gasteiger partial charge is 0.415 e. The molecule has 208 valence electrons. The topological polar surface area (TPSA) is 108 Å². The van der Waals surface area contributed by atoms with Crippen molar-refractivity contribution >= 4 is 40.2 Å². The number of carbonyl (C=O) groups excluding carboxylic acids is 2. The summed E-state index contributed by atoms with van der Waals surface area (Å²) in [6.07, 6.45) is -2.11. The van der Waals surface area contributed by atoms with Crippen LogP contribution in [0.1, 0.15) is 35.3 Å². The summed E-state index contributed by atoms with van der Waals surface area (Å²) in [5.41, 5.74) is 1.20. The number of carbonyl (C=O) groups is 3. The number of rotatable bonds is 10. The van der Waals surface area contributed by atoms with Crippen molar-refractivity contribution in [2.24, 2.45) is 0 Å². The van der Waals surface area contributed by atoms with Gasteiger partial charge in [-0.3, -0.25) is 10.2 Å². The second kappa shape index (κ2) is 13.2. The van der Waals surface area contributed by atoms with Gasteiger partial charge in [-0.2, -0.15) is 0 Å². The highest BCUT2D eigenvalue weighted by atomic mass is 32.1. The van der Waals surface area contributed by atoms with E-state index in [-0.39, 0.29) is 35.9 Å². The van der Waals surface area contributed by atoms with Crippen molar-refractivity contribution in [2.75, 3.05) is 37.5 Å². The summed E-state index contributed by atoms with van der Waals surface area (Å²) in [5, 5.41) is 11.4. The molecule has 0 aliphatic heterocycles. The number of nitrogens with zero attached hydrogens (tertiary/aromatic N) is 2. The predicted molar refractivity (Wildman–Crippen MR) is 144 cm³/mol. The van der Waals surface area contributed by atoms with Crippen molar-refractivity contribution < 1.29 is 37.7 Å². The molecule has 0 aliphatic rings. The second-order valence-corrected chi connectivity index (χ2v) is 9.54. The van der Waals surface area contributed by atoms with Crippen molar-refractivity contribution in [3.05, 3.63) is 70.8 Å². The maximum atomic E-state index is 14.6. The molecule has 0 saturated carbocycles. The Balaban J connectivity index is 2.27. The summed E-state index contributed by atoms with van der Waals surface area (Å²) in [5.74, 6) is -2.41. The maximum Gasteiger partial charge on any atom is 0.415 e. The number of nitrogens with one attached hydrogen (secondary N) is 1. The van der Waals surface area contributed by atoms with Crippen molar-refractivity contribution in [3.63, 3.8) is 0 Å². The molecule has 2 aromatic carbocycles. The van der Waals surface area contributed by atoms with Crippen molar-refractivity contribution in [1.82, 2.24) is 4.90 Å². The Bertz CT molecular complexity index is 1320. The third-order valence-electron chi connectivity index (χ3n) is 5.45. The number of esters is 1. The molecule has 0 spiro atoms. The normalized spacial score (nSPS) is 10.8. The van der Waals surface area contributed by atoms with E-state index < -0.39 is 36.3 Å². The summed E-state index contributed by atoms with van der Waals surface area (Å²) < 4.78 is 39.8. The zero-order valence-corrected chi connectivity index (χ0v) is 22.7. The SMILES string of the molecule is CCOC(=O)c1c(N(Cc2c(F)cccc2F)C(=O)OCC)sc(-c2ccc(NC(=O)O)cc2)c1CN(C)C. The summed E-state index contributed by atoms with van der Waals surface area (Å²) in [6.45, 7) is 3.01. The number of anilines is 2. The molecule has 1 aromatic heterocycles. The van der Waals surface area contributed by atoms with Crippen molar-refractivity contribution in [3.8, 4) is 10.4 Å². The minimum Gasteiger partial charge on any atom is -0.465 e. The number of hydrogen-bond acceptors (Lipinski definition) is 7. The molecule has 12 heteroatoms. The van der Waals surface area contributed by atoms with Crippen LogP contribution in [0.3, 0.4) is 0 Å². The van der Waals surface area contributed by atoms with Gasteiger partial charge in [-0.1, -0.05) is 18.2 Å². The van der Waals surface area contributed by atoms with Gasteiger partial charge in [-0.05, 0) is 57.8 Å². The zero-order valence-electron chi connectivity index (χ0n) is 21.9. The summed E-state index contributed by atoms with van der Waals surface area (Å²) >= 11 is 1.06. The van der Waals surface area contributed by atoms with E-state index in [0.717, 1.165) is 28.4 Å². The molecule has 1 heterocycles. The van der Waals surface area contributed by atoms with Crippen LogP contribution in [0, 0.1) is 11.6 Å². The fourth-order valence-corrected chi connectivity index (χ4v) is 5.14. The standard InChI is InChI=1S/C27H29F2N3O6S/c1-5-37-25(33)22-19(14-31(3)4)23(16-10-12-17(13-11-16)30-26(34)35)39-24(22)32(27(36)38-6-2)15-18-20(28)8-7-9-21(18)29/h7-13,30H,5-6,14-15H2,1-4H3,(H,34,35). The Morgan fingerprint density at radius 2 is 1.54 bits per heavy atom. The molecule has 2 amide bonds. The van der Waals surface area contributed by atoms with E-state index in [1.807, 2.05) is 4.90 Å². The summed E-state index contributed by atoms with van der Waals surface area (Å²) in [4.78, 5) is 40.9. The van der Waals surface area contributed by atoms with E-state index in [1.54, 1.807) is 52.2 Å². The first kappa shape index (κ1) is 29.5. The van der Waals surface area contributed by atoms with Crippen LogP contribution in [0.4, 0.5) is 29.1 Å². The van der Waals surface area contributed by atoms with Crippen LogP contribution in [0.25, 0.3) is 10.4 Å². The molecule has 39 heavy (non-hydrogen) atoms. The van der Waals surface area contributed by atoms with Gasteiger partial charge in [0, 0.05) is 28.2 Å². The highest BCUT2D eigenvalue weighted by Gasteiger charge is 2.33. The fourth-order valence-electron chi connectivity index (χ4n) is 3.85. The van der Waals surface area contributed by atoms with Crippen molar-refractivity contribution in [1.29, 1.82) is 0 Å². The maximum absolute atomic E-state index is 14.6. The molecule has 0 unspecified atom stereocenters. The van der Waals surface area contributed by atoms with E-state index in [2.05, 4.69) is 5.32 Å². The highest BCUT2D eigenvalue weighted by molar-refractivity contribution is 7.20. The van der Waals surface area contributed by atoms with Gasteiger partial charge in [0.25, 0.3) is 0 Å². The number of ether oxygens (including phenoxy) is 2. The predicted octanol–water partition coefficient (Wildman–Crippen LogP) is 6.18. The Kier molecular flexibility index (Phi) is 9.96. The summed E-state index contributed by atoms with van der Waals surface area (Å²) in [7, 11) is 3.60. The van der Waals surface area contributed by atoms with Gasteiger partial charge < -0.3 is 19.5 Å². The Morgan fingerprint density at radius 1 is 0.923 bits per heavy atom. The number of amides is 2. The molecule has 0 bridgehead atoms. The van der Waals surface area contributed by atoms with E-state index in [1.165, 1.54) is 6.07 Å². The van der Waals surface area contributed by atoms with Crippen LogP contribution in [0.5, 0.6) is 0 Å². The van der Waals surface area contributed by atoms with Gasteiger partial charge in [0.1, 0.15) is 16.6 Å². The number of hydrogen-bond donors (Lipinski definition) is 2. The lowest BCUT2D eigenvalue weighted by molar-refractivity contribution is 0.0526. The molecular weight excluding hydrogens is 532 g/mol. The number of benzene rings is 2. The average molecular weight is 562 g/mol. The average Bonchev–Trinajstić information content (AvgIpc) is 3.22. The Hall–Kier alpha value is -4.03. The van der Waals surface area contributed by atoms with Gasteiger partial charge in [-0.15, -0.1) is 11.3 Å². The highest BCUT2D eigenvalue weighted by Crippen LogP contribution is 2.44. The fraction of sp³-hybridized carbons (Fsp3) is 0.296. The number of carboxylic acid groups (broad SMARTS) is 1. The summed E-state index contributed by atoms with van der Waals surface area (Å²) in [6, 6.07) is 9.83. The largest absolute Gasteiger partial charge is 0.465 e. The number of halogens is 2. The first-order valence-electron chi connectivity index (χ1n) is 12.0. The van der Waals surface area contributed by atoms with Gasteiger partial charge in [0.05, 0.1) is 25.3 Å². The molecule has 0 saturated heterocycles. The number of thiophene rings is 1. The van der Waals surface area contributed by atoms with Crippen LogP contribution >= 0.6 is 11.3 Å². The molecule has 0 atom stereocenters. The first-order valence-corrected chi connectivity index (χ1v) is 12.8. The van der Waals surface area contributed by atoms with Gasteiger partial charge in [-0.25, -0.2) is 23.2 Å². The second-order valence-electron chi connectivity index (χ2n) is 8.54. The van der Waals surface area contributed by atoms with E-state index >= 15 is 0 Å². The van der Waals surface area contributed by atoms with Crippen LogP contribution in [0.2, 0.25) is 0 Å².